The van der Waals surface area contributed by atoms with Crippen LogP contribution in [0.1, 0.15) is 20.8 Å². The molecule has 0 aliphatic heterocycles. The van der Waals surface area contributed by atoms with Gasteiger partial charge in [0.25, 0.3) is 0 Å². The van der Waals surface area contributed by atoms with Crippen LogP contribution in [-0.4, -0.2) is 0 Å². The summed E-state index contributed by atoms with van der Waals surface area (Å²) in [6.07, 6.45) is 0. The Morgan fingerprint density at radius 2 is 0.571 bits per heavy atom. The predicted molar refractivity (Wildman–Crippen MR) is 33.1 cm³/mol. The molecule has 0 aliphatic carbocycles. The molecule has 0 aliphatic rings. The maximum Gasteiger partial charge on any atom is 0 e. The Labute approximate surface area is 62.4 Å². The molecule has 7 heavy (non-hydrogen) atoms. The average Bonchev–Trinajstić information content (AvgIpc) is 1.81. The van der Waals surface area contributed by atoms with Crippen molar-refractivity contribution < 1.29 is 20.4 Å². The van der Waals surface area contributed by atoms with Gasteiger partial charge in [-0.1, -0.05) is 0 Å². The topological polar surface area (TPSA) is 0 Å². The monoisotopic (exact) mass is 193 g/mol. The summed E-state index contributed by atoms with van der Waals surface area (Å²) < 4.78 is 0. The molecule has 0 radical (unpaired) electrons. The Morgan fingerprint density at radius 1 is 0.571 bits per heavy atom. The summed E-state index contributed by atoms with van der Waals surface area (Å²) >= 11 is 0. The Kier molecular flexibility index (Phi) is 1760. The van der Waals surface area contributed by atoms with Gasteiger partial charge in [0, 0.05) is 20.4 Å². The Balaban J connectivity index is -0.00000000900. The molecule has 0 N–H and O–H groups in total. The summed E-state index contributed by atoms with van der Waals surface area (Å²) in [5.74, 6) is 0. The normalized spacial score (nSPS) is 2.57. The van der Waals surface area contributed by atoms with Crippen LogP contribution in [0.25, 0.3) is 0 Å². The number of hydrogen-bond acceptors (Lipinski definition) is 0. The van der Waals surface area contributed by atoms with Crippen molar-refractivity contribution in [3.8, 4) is 0 Å². The first-order valence-corrected chi connectivity index (χ1v) is 2.12. The maximum atomic E-state index is 3.25. The summed E-state index contributed by atoms with van der Waals surface area (Å²) in [6, 6.07) is 0. The van der Waals surface area contributed by atoms with Crippen LogP contribution in [0, 0.1) is 20.8 Å². The summed E-state index contributed by atoms with van der Waals surface area (Å²) in [7, 11) is 0. The Morgan fingerprint density at radius 3 is 0.571 bits per heavy atom. The molecule has 0 nitrogen and oxygen atoms in total. The first kappa shape index (κ1) is 25.4. The Hall–Kier alpha value is 0.662. The average molecular weight is 194 g/mol. The van der Waals surface area contributed by atoms with E-state index in [1.807, 2.05) is 0 Å². The van der Waals surface area contributed by atoms with Crippen LogP contribution < -0.4 is 0 Å². The standard InChI is InChI=1S/3C2H5.Pd/c3*1-2;/h3*1H2,2H3;/q3*-1;. The molecule has 0 fully saturated rings. The maximum absolute atomic E-state index is 3.25. The summed E-state index contributed by atoms with van der Waals surface area (Å²) in [4.78, 5) is 0. The van der Waals surface area contributed by atoms with Crippen molar-refractivity contribution in [2.45, 2.75) is 20.8 Å². The van der Waals surface area contributed by atoms with E-state index in [-0.39, 0.29) is 20.4 Å². The third-order valence-electron chi connectivity index (χ3n) is 0. The molecule has 0 rings (SSSR count). The molecule has 0 unspecified atom stereocenters. The van der Waals surface area contributed by atoms with Crippen molar-refractivity contribution in [1.82, 2.24) is 0 Å². The smallest absolute Gasteiger partial charge is 0 e. The zero-order chi connectivity index (χ0) is 6.00. The predicted octanol–water partition coefficient (Wildman–Crippen LogP) is 2.52. The third kappa shape index (κ3) is 330. The van der Waals surface area contributed by atoms with Gasteiger partial charge in [0.05, 0.1) is 0 Å². The quantitative estimate of drug-likeness (QED) is 0.410. The molecule has 0 aromatic rings. The van der Waals surface area contributed by atoms with Gasteiger partial charge in [-0.05, 0) is 0 Å². The van der Waals surface area contributed by atoms with Crippen LogP contribution in [0.2, 0.25) is 0 Å². The SMILES string of the molecule is [CH2-]C.[CH2-]C.[CH2-]C.[Pd]. The van der Waals surface area contributed by atoms with Crippen molar-refractivity contribution in [3.63, 3.8) is 0 Å². The van der Waals surface area contributed by atoms with Crippen molar-refractivity contribution in [2.75, 3.05) is 0 Å². The summed E-state index contributed by atoms with van der Waals surface area (Å²) in [5.41, 5.74) is 0. The first-order chi connectivity index (χ1) is 3.00. The van der Waals surface area contributed by atoms with E-state index < -0.39 is 0 Å². The van der Waals surface area contributed by atoms with Gasteiger partial charge in [-0.3, -0.25) is 0 Å². The van der Waals surface area contributed by atoms with Crippen LogP contribution in [0.5, 0.6) is 0 Å². The Bertz CT molecular complexity index is 4.14. The van der Waals surface area contributed by atoms with E-state index >= 15 is 0 Å². The molecule has 0 atom stereocenters. The zero-order valence-electron chi connectivity index (χ0n) is 5.44. The molecule has 0 heterocycles. The van der Waals surface area contributed by atoms with Gasteiger partial charge in [-0.15, -0.1) is 0 Å². The van der Waals surface area contributed by atoms with Gasteiger partial charge in [-0.25, -0.2) is 0 Å². The molecule has 0 bridgehead atoms. The van der Waals surface area contributed by atoms with Crippen molar-refractivity contribution in [2.24, 2.45) is 0 Å². The molecule has 0 aromatic heterocycles. The fourth-order valence-corrected chi connectivity index (χ4v) is 0. The number of hydrogen-bond donors (Lipinski definition) is 0. The van der Waals surface area contributed by atoms with E-state index in [1.165, 1.54) is 0 Å². The van der Waals surface area contributed by atoms with Crippen LogP contribution >= 0.6 is 0 Å². The molecular formula is C6H15Pd-3. The second kappa shape index (κ2) is 487. The van der Waals surface area contributed by atoms with Crippen molar-refractivity contribution >= 4 is 0 Å². The molecule has 0 saturated carbocycles. The van der Waals surface area contributed by atoms with Crippen LogP contribution in [0.4, 0.5) is 0 Å². The van der Waals surface area contributed by atoms with Crippen molar-refractivity contribution in [3.05, 3.63) is 20.8 Å². The van der Waals surface area contributed by atoms with Gasteiger partial charge >= 0.3 is 0 Å². The molecule has 1 heteroatoms. The van der Waals surface area contributed by atoms with E-state index in [0.29, 0.717) is 0 Å². The van der Waals surface area contributed by atoms with Crippen molar-refractivity contribution in [1.29, 1.82) is 0 Å². The van der Waals surface area contributed by atoms with E-state index in [0.717, 1.165) is 0 Å². The molecule has 52 valence electrons. The minimum absolute atomic E-state index is 0. The van der Waals surface area contributed by atoms with Crippen LogP contribution in [0.15, 0.2) is 0 Å². The second-order valence-corrected chi connectivity index (χ2v) is 0. The van der Waals surface area contributed by atoms with Gasteiger partial charge < -0.3 is 20.8 Å². The van der Waals surface area contributed by atoms with Crippen LogP contribution in [0.3, 0.4) is 0 Å². The zero-order valence-corrected chi connectivity index (χ0v) is 6.99. The van der Waals surface area contributed by atoms with Gasteiger partial charge in [0.1, 0.15) is 0 Å². The second-order valence-electron chi connectivity index (χ2n) is 0. The van der Waals surface area contributed by atoms with Gasteiger partial charge in [0.15, 0.2) is 0 Å². The summed E-state index contributed by atoms with van der Waals surface area (Å²) in [5, 5.41) is 0. The van der Waals surface area contributed by atoms with E-state index in [2.05, 4.69) is 20.8 Å². The molecule has 0 amide bonds. The summed E-state index contributed by atoms with van der Waals surface area (Å²) in [6.45, 7) is 15.0. The molecule has 0 aromatic carbocycles. The largest absolute Gasteiger partial charge is 0.346 e. The van der Waals surface area contributed by atoms with Crippen LogP contribution in [-0.2, 0) is 20.4 Å². The third-order valence-corrected chi connectivity index (χ3v) is 0. The number of rotatable bonds is 0. The molecular weight excluding hydrogens is 178 g/mol. The van der Waals surface area contributed by atoms with E-state index in [4.69, 9.17) is 0 Å². The fraction of sp³-hybridized carbons (Fsp3) is 0.500. The van der Waals surface area contributed by atoms with Gasteiger partial charge in [-0.2, -0.15) is 20.8 Å². The fourth-order valence-electron chi connectivity index (χ4n) is 0. The minimum atomic E-state index is 0. The first-order valence-electron chi connectivity index (χ1n) is 2.12. The molecule has 0 spiro atoms. The minimum Gasteiger partial charge on any atom is -0.346 e. The van der Waals surface area contributed by atoms with Gasteiger partial charge in [0.2, 0.25) is 0 Å². The molecule has 0 saturated heterocycles. The van der Waals surface area contributed by atoms with E-state index in [9.17, 15) is 0 Å². The van der Waals surface area contributed by atoms with E-state index in [1.54, 1.807) is 20.8 Å².